The van der Waals surface area contributed by atoms with Crippen molar-refractivity contribution in [1.82, 2.24) is 5.32 Å². The molecule has 1 nitrogen and oxygen atoms in total. The average Bonchev–Trinajstić information content (AvgIpc) is 3.16. The lowest BCUT2D eigenvalue weighted by atomic mass is 9.47. The van der Waals surface area contributed by atoms with Crippen LogP contribution in [0.25, 0.3) is 0 Å². The summed E-state index contributed by atoms with van der Waals surface area (Å²) in [5.41, 5.74) is 0.729. The maximum Gasteiger partial charge on any atom is 0.0126 e. The van der Waals surface area contributed by atoms with E-state index >= 15 is 0 Å². The summed E-state index contributed by atoms with van der Waals surface area (Å²) in [6.07, 6.45) is 15.3. The molecule has 1 atom stereocenters. The number of nitrogens with one attached hydrogen (secondary N) is 1. The van der Waals surface area contributed by atoms with Gasteiger partial charge in [-0.3, -0.25) is 0 Å². The largest absolute Gasteiger partial charge is 0.313 e. The van der Waals surface area contributed by atoms with Crippen LogP contribution in [0.5, 0.6) is 0 Å². The summed E-state index contributed by atoms with van der Waals surface area (Å²) >= 11 is 0. The highest BCUT2D eigenvalue weighted by Gasteiger charge is 2.54. The van der Waals surface area contributed by atoms with Crippen molar-refractivity contribution in [3.05, 3.63) is 0 Å². The van der Waals surface area contributed by atoms with E-state index in [-0.39, 0.29) is 0 Å². The molecule has 5 rings (SSSR count). The van der Waals surface area contributed by atoms with Crippen molar-refractivity contribution >= 4 is 0 Å². The molecule has 0 spiro atoms. The van der Waals surface area contributed by atoms with Crippen LogP contribution in [0.15, 0.2) is 0 Å². The molecular weight excluding hydrogens is 230 g/mol. The molecule has 0 radical (unpaired) electrons. The summed E-state index contributed by atoms with van der Waals surface area (Å²) in [5.74, 6) is 4.41. The molecule has 1 heteroatoms. The van der Waals surface area contributed by atoms with E-state index in [1.165, 1.54) is 32.2 Å². The second kappa shape index (κ2) is 4.76. The summed E-state index contributed by atoms with van der Waals surface area (Å²) in [6, 6.07) is 0.869. The first kappa shape index (κ1) is 12.7. The Bertz CT molecular complexity index is 295. The number of hydrogen-bond donors (Lipinski definition) is 1. The first-order valence-corrected chi connectivity index (χ1v) is 9.01. The van der Waals surface area contributed by atoms with Gasteiger partial charge >= 0.3 is 0 Å². The molecule has 5 saturated carbocycles. The lowest BCUT2D eigenvalue weighted by Gasteiger charge is -2.60. The topological polar surface area (TPSA) is 12.0 Å². The molecule has 1 unspecified atom stereocenters. The zero-order chi connectivity index (χ0) is 12.9. The van der Waals surface area contributed by atoms with Gasteiger partial charge in [-0.2, -0.15) is 0 Å². The first-order chi connectivity index (χ1) is 9.27. The maximum absolute atomic E-state index is 4.00. The molecule has 0 aliphatic heterocycles. The van der Waals surface area contributed by atoms with Crippen molar-refractivity contribution in [1.29, 1.82) is 0 Å². The Labute approximate surface area is 118 Å². The molecule has 0 saturated heterocycles. The van der Waals surface area contributed by atoms with E-state index in [9.17, 15) is 0 Å². The molecule has 0 aromatic heterocycles. The lowest BCUT2D eigenvalue weighted by molar-refractivity contribution is -0.0760. The van der Waals surface area contributed by atoms with Gasteiger partial charge in [0, 0.05) is 6.04 Å². The zero-order valence-electron chi connectivity index (χ0n) is 12.7. The third kappa shape index (κ3) is 2.37. The van der Waals surface area contributed by atoms with Gasteiger partial charge in [0.1, 0.15) is 0 Å². The van der Waals surface area contributed by atoms with E-state index in [1.807, 2.05) is 0 Å². The molecule has 4 bridgehead atoms. The predicted molar refractivity (Wildman–Crippen MR) is 80.0 cm³/mol. The highest BCUT2D eigenvalue weighted by atomic mass is 14.9. The van der Waals surface area contributed by atoms with Crippen LogP contribution in [0.3, 0.4) is 0 Å². The fraction of sp³-hybridized carbons (Fsp3) is 1.00. The molecule has 0 aromatic rings. The van der Waals surface area contributed by atoms with Crippen molar-refractivity contribution in [2.45, 2.75) is 77.2 Å². The third-order valence-corrected chi connectivity index (χ3v) is 6.73. The van der Waals surface area contributed by atoms with Gasteiger partial charge in [-0.05, 0) is 87.0 Å². The Morgan fingerprint density at radius 1 is 1.00 bits per heavy atom. The molecule has 19 heavy (non-hydrogen) atoms. The summed E-state index contributed by atoms with van der Waals surface area (Å²) in [7, 11) is 0. The summed E-state index contributed by atoms with van der Waals surface area (Å²) < 4.78 is 0. The molecule has 0 amide bonds. The number of hydrogen-bond acceptors (Lipinski definition) is 1. The Balaban J connectivity index is 1.52. The summed E-state index contributed by atoms with van der Waals surface area (Å²) in [4.78, 5) is 0. The molecule has 108 valence electrons. The van der Waals surface area contributed by atoms with Crippen LogP contribution in [-0.4, -0.2) is 12.6 Å². The molecule has 0 aromatic carbocycles. The van der Waals surface area contributed by atoms with E-state index in [2.05, 4.69) is 12.2 Å². The predicted octanol–water partition coefficient (Wildman–Crippen LogP) is 4.37. The zero-order valence-corrected chi connectivity index (χ0v) is 12.7. The van der Waals surface area contributed by atoms with Crippen LogP contribution in [0.1, 0.15) is 71.1 Å². The van der Waals surface area contributed by atoms with Crippen LogP contribution in [0.2, 0.25) is 0 Å². The van der Waals surface area contributed by atoms with Crippen molar-refractivity contribution in [2.75, 3.05) is 6.54 Å². The second-order valence-electron chi connectivity index (χ2n) is 8.47. The van der Waals surface area contributed by atoms with Gasteiger partial charge in [-0.1, -0.05) is 19.8 Å². The standard InChI is InChI=1S/C18H31N/c1-2-5-19-17(9-13-3-4-13)18-10-14-6-15(11-18)8-16(7-14)12-18/h13-17,19H,2-12H2,1H3. The van der Waals surface area contributed by atoms with E-state index in [0.29, 0.717) is 0 Å². The molecule has 0 heterocycles. The molecule has 1 N–H and O–H groups in total. The molecule has 5 aliphatic carbocycles. The van der Waals surface area contributed by atoms with Crippen molar-refractivity contribution in [3.63, 3.8) is 0 Å². The Morgan fingerprint density at radius 3 is 2.05 bits per heavy atom. The summed E-state index contributed by atoms with van der Waals surface area (Å²) in [5, 5.41) is 4.00. The van der Waals surface area contributed by atoms with E-state index in [1.54, 1.807) is 38.5 Å². The van der Waals surface area contributed by atoms with Crippen molar-refractivity contribution in [2.24, 2.45) is 29.1 Å². The Morgan fingerprint density at radius 2 is 1.58 bits per heavy atom. The monoisotopic (exact) mass is 261 g/mol. The van der Waals surface area contributed by atoms with Crippen LogP contribution in [0, 0.1) is 29.1 Å². The van der Waals surface area contributed by atoms with Gasteiger partial charge in [-0.15, -0.1) is 0 Å². The number of rotatable bonds is 6. The first-order valence-electron chi connectivity index (χ1n) is 9.01. The smallest absolute Gasteiger partial charge is 0.0126 e. The van der Waals surface area contributed by atoms with Crippen molar-refractivity contribution in [3.8, 4) is 0 Å². The van der Waals surface area contributed by atoms with Crippen LogP contribution in [0.4, 0.5) is 0 Å². The van der Waals surface area contributed by atoms with Gasteiger partial charge in [0.2, 0.25) is 0 Å². The third-order valence-electron chi connectivity index (χ3n) is 6.73. The van der Waals surface area contributed by atoms with E-state index in [4.69, 9.17) is 0 Å². The van der Waals surface area contributed by atoms with Crippen molar-refractivity contribution < 1.29 is 0 Å². The fourth-order valence-corrected chi connectivity index (χ4v) is 6.16. The minimum Gasteiger partial charge on any atom is -0.313 e. The van der Waals surface area contributed by atoms with Gasteiger partial charge in [0.15, 0.2) is 0 Å². The fourth-order valence-electron chi connectivity index (χ4n) is 6.16. The van der Waals surface area contributed by atoms with E-state index < -0.39 is 0 Å². The van der Waals surface area contributed by atoms with Crippen LogP contribution in [-0.2, 0) is 0 Å². The van der Waals surface area contributed by atoms with Crippen LogP contribution < -0.4 is 5.32 Å². The normalized spacial score (nSPS) is 45.6. The summed E-state index contributed by atoms with van der Waals surface area (Å²) in [6.45, 7) is 3.57. The van der Waals surface area contributed by atoms with Crippen LogP contribution >= 0.6 is 0 Å². The quantitative estimate of drug-likeness (QED) is 0.748. The Kier molecular flexibility index (Phi) is 3.17. The highest BCUT2D eigenvalue weighted by Crippen LogP contribution is 2.62. The van der Waals surface area contributed by atoms with Gasteiger partial charge in [0.05, 0.1) is 0 Å². The minimum atomic E-state index is 0.729. The van der Waals surface area contributed by atoms with Gasteiger partial charge in [0.25, 0.3) is 0 Å². The Hall–Kier alpha value is -0.0400. The average molecular weight is 261 g/mol. The highest BCUT2D eigenvalue weighted by molar-refractivity contribution is 5.07. The van der Waals surface area contributed by atoms with E-state index in [0.717, 1.165) is 35.1 Å². The van der Waals surface area contributed by atoms with Gasteiger partial charge in [-0.25, -0.2) is 0 Å². The second-order valence-corrected chi connectivity index (χ2v) is 8.47. The maximum atomic E-state index is 4.00. The minimum absolute atomic E-state index is 0.729. The lowest BCUT2D eigenvalue weighted by Crippen LogP contribution is -2.56. The van der Waals surface area contributed by atoms with Gasteiger partial charge < -0.3 is 5.32 Å². The molecule has 5 fully saturated rings. The SMILES string of the molecule is CCCNC(CC1CC1)C12CC3CC(CC(C3)C1)C2. The molecule has 5 aliphatic rings. The molecular formula is C18H31N.